The van der Waals surface area contributed by atoms with Crippen molar-refractivity contribution in [2.24, 2.45) is 15.2 Å². The minimum atomic E-state index is -0.834. The Morgan fingerprint density at radius 3 is 2.11 bits per heavy atom. The molecule has 0 saturated heterocycles. The molecule has 2 aromatic rings. The zero-order valence-corrected chi connectivity index (χ0v) is 11.3. The molecular weight excluding hydrogens is 254 g/mol. The summed E-state index contributed by atoms with van der Waals surface area (Å²) in [6.07, 6.45) is 0. The van der Waals surface area contributed by atoms with Crippen LogP contribution >= 0.6 is 12.2 Å². The normalized spacial score (nSPS) is 13.7. The molecule has 0 heterocycles. The second-order valence-corrected chi connectivity index (χ2v) is 4.31. The molecule has 2 aromatic carbocycles. The van der Waals surface area contributed by atoms with Crippen LogP contribution in [0.3, 0.4) is 0 Å². The van der Waals surface area contributed by atoms with Crippen LogP contribution in [0.15, 0.2) is 75.9 Å². The van der Waals surface area contributed by atoms with E-state index < -0.39 is 5.66 Å². The highest BCUT2D eigenvalue weighted by Crippen LogP contribution is 2.28. The average Bonchev–Trinajstić information content (AvgIpc) is 2.48. The number of hydrogen-bond donors (Lipinski definition) is 0. The van der Waals surface area contributed by atoms with Gasteiger partial charge in [0.15, 0.2) is 0 Å². The molecule has 0 aliphatic heterocycles. The molecule has 0 radical (unpaired) electrons. The van der Waals surface area contributed by atoms with Gasteiger partial charge in [-0.05, 0) is 31.3 Å². The van der Waals surface area contributed by atoms with Crippen molar-refractivity contribution in [3.8, 4) is 0 Å². The van der Waals surface area contributed by atoms with Crippen LogP contribution in [0.1, 0.15) is 12.5 Å². The minimum absolute atomic E-state index is 0.782. The van der Waals surface area contributed by atoms with Crippen molar-refractivity contribution in [1.82, 2.24) is 0 Å². The first-order valence-electron chi connectivity index (χ1n) is 5.87. The number of aliphatic imine (C=N–C) groups is 1. The molecule has 0 N–H and O–H groups in total. The zero-order chi connectivity index (χ0) is 13.6. The SMILES string of the molecule is CC(N=C=S)(N=Nc1ccccc1)c1ccccc1. The van der Waals surface area contributed by atoms with E-state index in [1.165, 1.54) is 0 Å². The predicted molar refractivity (Wildman–Crippen MR) is 79.8 cm³/mol. The quantitative estimate of drug-likeness (QED) is 0.447. The van der Waals surface area contributed by atoms with E-state index in [0.717, 1.165) is 11.3 Å². The molecule has 0 fully saturated rings. The number of rotatable bonds is 4. The Labute approximate surface area is 117 Å². The maximum absolute atomic E-state index is 4.71. The predicted octanol–water partition coefficient (Wildman–Crippen LogP) is 4.75. The standard InChI is InChI=1S/C15H13N3S/c1-15(16-12-19,13-8-4-2-5-9-13)18-17-14-10-6-3-7-11-14/h2-11H,1H3. The van der Waals surface area contributed by atoms with E-state index in [2.05, 4.69) is 20.4 Å². The van der Waals surface area contributed by atoms with E-state index >= 15 is 0 Å². The van der Waals surface area contributed by atoms with Gasteiger partial charge in [-0.1, -0.05) is 48.5 Å². The number of azo groups is 1. The molecule has 0 aromatic heterocycles. The summed E-state index contributed by atoms with van der Waals surface area (Å²) in [5, 5.41) is 10.9. The smallest absolute Gasteiger partial charge is 0.195 e. The minimum Gasteiger partial charge on any atom is -0.195 e. The summed E-state index contributed by atoms with van der Waals surface area (Å²) in [4.78, 5) is 4.15. The van der Waals surface area contributed by atoms with E-state index in [0.29, 0.717) is 0 Å². The first-order valence-corrected chi connectivity index (χ1v) is 6.28. The van der Waals surface area contributed by atoms with Crippen LogP contribution in [0.5, 0.6) is 0 Å². The summed E-state index contributed by atoms with van der Waals surface area (Å²) < 4.78 is 0. The summed E-state index contributed by atoms with van der Waals surface area (Å²) in [6.45, 7) is 1.86. The van der Waals surface area contributed by atoms with Gasteiger partial charge in [0.05, 0.1) is 10.8 Å². The highest BCUT2D eigenvalue weighted by molar-refractivity contribution is 7.78. The second-order valence-electron chi connectivity index (χ2n) is 4.13. The topological polar surface area (TPSA) is 37.1 Å². The first-order chi connectivity index (χ1) is 9.24. The molecule has 0 amide bonds. The van der Waals surface area contributed by atoms with E-state index in [1.807, 2.05) is 67.6 Å². The number of isothiocyanates is 1. The lowest BCUT2D eigenvalue weighted by Gasteiger charge is -2.17. The van der Waals surface area contributed by atoms with Crippen LogP contribution in [-0.2, 0) is 5.66 Å². The van der Waals surface area contributed by atoms with Crippen molar-refractivity contribution in [3.05, 3.63) is 66.2 Å². The fourth-order valence-electron chi connectivity index (χ4n) is 1.64. The zero-order valence-electron chi connectivity index (χ0n) is 10.5. The molecular formula is C15H13N3S. The summed E-state index contributed by atoms with van der Waals surface area (Å²) in [6, 6.07) is 19.2. The van der Waals surface area contributed by atoms with Crippen molar-refractivity contribution in [2.45, 2.75) is 12.6 Å². The number of nitrogens with zero attached hydrogens (tertiary/aromatic N) is 3. The van der Waals surface area contributed by atoms with Gasteiger partial charge in [-0.15, -0.1) is 0 Å². The van der Waals surface area contributed by atoms with Gasteiger partial charge in [0.25, 0.3) is 0 Å². The van der Waals surface area contributed by atoms with E-state index in [1.54, 1.807) is 0 Å². The molecule has 0 saturated carbocycles. The third kappa shape index (κ3) is 3.41. The Morgan fingerprint density at radius 2 is 1.53 bits per heavy atom. The maximum Gasteiger partial charge on any atom is 0.202 e. The highest BCUT2D eigenvalue weighted by Gasteiger charge is 2.24. The van der Waals surface area contributed by atoms with Gasteiger partial charge >= 0.3 is 0 Å². The maximum atomic E-state index is 4.71. The molecule has 0 aliphatic carbocycles. The van der Waals surface area contributed by atoms with Crippen LogP contribution in [-0.4, -0.2) is 5.16 Å². The number of hydrogen-bond acceptors (Lipinski definition) is 4. The number of thiocarbonyl (C=S) groups is 1. The second kappa shape index (κ2) is 6.14. The van der Waals surface area contributed by atoms with Gasteiger partial charge in [0, 0.05) is 5.56 Å². The Hall–Kier alpha value is -2.16. The van der Waals surface area contributed by atoms with Crippen LogP contribution in [0, 0.1) is 0 Å². The Kier molecular flexibility index (Phi) is 4.29. The summed E-state index contributed by atoms with van der Waals surface area (Å²) in [7, 11) is 0. The van der Waals surface area contributed by atoms with Crippen molar-refractivity contribution < 1.29 is 0 Å². The summed E-state index contributed by atoms with van der Waals surface area (Å²) >= 11 is 4.71. The van der Waals surface area contributed by atoms with Crippen molar-refractivity contribution in [1.29, 1.82) is 0 Å². The van der Waals surface area contributed by atoms with Gasteiger partial charge in [-0.3, -0.25) is 0 Å². The summed E-state index contributed by atoms with van der Waals surface area (Å²) in [5.41, 5.74) is 0.870. The first kappa shape index (κ1) is 13.3. The third-order valence-electron chi connectivity index (χ3n) is 2.70. The fourth-order valence-corrected chi connectivity index (χ4v) is 1.81. The lowest BCUT2D eigenvalue weighted by atomic mass is 10.0. The molecule has 0 aliphatic rings. The van der Waals surface area contributed by atoms with Gasteiger partial charge in [0.2, 0.25) is 5.66 Å². The molecule has 0 spiro atoms. The summed E-state index contributed by atoms with van der Waals surface area (Å²) in [5.74, 6) is 0. The Balaban J connectivity index is 2.36. The van der Waals surface area contributed by atoms with Crippen LogP contribution in [0.4, 0.5) is 5.69 Å². The lowest BCUT2D eigenvalue weighted by molar-refractivity contribution is 0.504. The molecule has 1 atom stereocenters. The van der Waals surface area contributed by atoms with Gasteiger partial charge in [-0.2, -0.15) is 15.2 Å². The lowest BCUT2D eigenvalue weighted by Crippen LogP contribution is -2.14. The van der Waals surface area contributed by atoms with Gasteiger partial charge in [-0.25, -0.2) is 0 Å². The molecule has 1 unspecified atom stereocenters. The number of benzene rings is 2. The van der Waals surface area contributed by atoms with E-state index in [-0.39, 0.29) is 0 Å². The van der Waals surface area contributed by atoms with Crippen molar-refractivity contribution in [3.63, 3.8) is 0 Å². The van der Waals surface area contributed by atoms with Crippen LogP contribution in [0.2, 0.25) is 0 Å². The van der Waals surface area contributed by atoms with Gasteiger partial charge < -0.3 is 0 Å². The monoisotopic (exact) mass is 267 g/mol. The largest absolute Gasteiger partial charge is 0.202 e. The molecule has 19 heavy (non-hydrogen) atoms. The van der Waals surface area contributed by atoms with Crippen molar-refractivity contribution >= 4 is 23.1 Å². The fraction of sp³-hybridized carbons (Fsp3) is 0.133. The Bertz CT molecular complexity index is 604. The van der Waals surface area contributed by atoms with Crippen LogP contribution in [0.25, 0.3) is 0 Å². The van der Waals surface area contributed by atoms with Gasteiger partial charge in [0.1, 0.15) is 0 Å². The van der Waals surface area contributed by atoms with E-state index in [4.69, 9.17) is 12.2 Å². The van der Waals surface area contributed by atoms with Crippen molar-refractivity contribution in [2.75, 3.05) is 0 Å². The van der Waals surface area contributed by atoms with E-state index in [9.17, 15) is 0 Å². The molecule has 4 heteroatoms. The Morgan fingerprint density at radius 1 is 0.947 bits per heavy atom. The molecule has 0 bridgehead atoms. The molecule has 3 nitrogen and oxygen atoms in total. The molecule has 2 rings (SSSR count). The highest BCUT2D eigenvalue weighted by atomic mass is 32.1. The molecule has 94 valence electrons. The van der Waals surface area contributed by atoms with Crippen LogP contribution < -0.4 is 0 Å². The average molecular weight is 267 g/mol. The third-order valence-corrected chi connectivity index (χ3v) is 2.79.